The fourth-order valence-corrected chi connectivity index (χ4v) is 3.07. The van der Waals surface area contributed by atoms with Crippen molar-refractivity contribution in [3.63, 3.8) is 0 Å². The number of halogens is 1. The Morgan fingerprint density at radius 3 is 2.76 bits per heavy atom. The van der Waals surface area contributed by atoms with Gasteiger partial charge < -0.3 is 10.2 Å². The van der Waals surface area contributed by atoms with Crippen molar-refractivity contribution in [3.8, 4) is 0 Å². The molecular formula is C15H20ClN5. The van der Waals surface area contributed by atoms with Gasteiger partial charge in [-0.1, -0.05) is 11.6 Å². The highest BCUT2D eigenvalue weighted by molar-refractivity contribution is 6.30. The van der Waals surface area contributed by atoms with Gasteiger partial charge in [-0.2, -0.15) is 4.98 Å². The molecule has 3 heterocycles. The highest BCUT2D eigenvalue weighted by atomic mass is 35.5. The van der Waals surface area contributed by atoms with E-state index in [-0.39, 0.29) is 0 Å². The van der Waals surface area contributed by atoms with Crippen molar-refractivity contribution in [1.82, 2.24) is 19.9 Å². The lowest BCUT2D eigenvalue weighted by atomic mass is 10.1. The Labute approximate surface area is 129 Å². The van der Waals surface area contributed by atoms with E-state index < -0.39 is 0 Å². The summed E-state index contributed by atoms with van der Waals surface area (Å²) in [6, 6.07) is 4.42. The van der Waals surface area contributed by atoms with Crippen LogP contribution in [0.25, 0.3) is 5.65 Å². The summed E-state index contributed by atoms with van der Waals surface area (Å²) in [6.45, 7) is 3.25. The second-order valence-corrected chi connectivity index (χ2v) is 6.61. The van der Waals surface area contributed by atoms with Gasteiger partial charge in [0, 0.05) is 25.3 Å². The molecular weight excluding hydrogens is 286 g/mol. The molecule has 1 aliphatic heterocycles. The third-order valence-electron chi connectivity index (χ3n) is 4.45. The van der Waals surface area contributed by atoms with Gasteiger partial charge in [0.25, 0.3) is 0 Å². The molecule has 0 amide bonds. The van der Waals surface area contributed by atoms with Gasteiger partial charge >= 0.3 is 0 Å². The Bertz CT molecular complexity index is 628. The van der Waals surface area contributed by atoms with E-state index in [9.17, 15) is 0 Å². The van der Waals surface area contributed by atoms with Crippen LogP contribution in [0.15, 0.2) is 18.3 Å². The molecule has 2 aromatic rings. The minimum absolute atomic E-state index is 0.660. The Kier molecular flexibility index (Phi) is 3.47. The van der Waals surface area contributed by atoms with Crippen molar-refractivity contribution in [3.05, 3.63) is 23.4 Å². The van der Waals surface area contributed by atoms with Crippen LogP contribution in [0.5, 0.6) is 0 Å². The summed E-state index contributed by atoms with van der Waals surface area (Å²) in [5.74, 6) is 1.77. The van der Waals surface area contributed by atoms with Gasteiger partial charge in [0.2, 0.25) is 5.95 Å². The molecule has 0 aromatic carbocycles. The number of hydrogen-bond donors (Lipinski definition) is 1. The van der Waals surface area contributed by atoms with E-state index in [1.165, 1.54) is 32.2 Å². The predicted molar refractivity (Wildman–Crippen MR) is 84.0 cm³/mol. The van der Waals surface area contributed by atoms with Crippen LogP contribution >= 0.6 is 11.6 Å². The average molecular weight is 306 g/mol. The minimum Gasteiger partial charge on any atom is -0.339 e. The van der Waals surface area contributed by atoms with Crippen LogP contribution in [0.2, 0.25) is 5.02 Å². The number of aromatic nitrogens is 3. The number of nitrogens with one attached hydrogen (secondary N) is 1. The fourth-order valence-electron chi connectivity index (χ4n) is 2.92. The number of rotatable bonds is 4. The van der Waals surface area contributed by atoms with E-state index >= 15 is 0 Å². The van der Waals surface area contributed by atoms with Crippen molar-refractivity contribution in [2.75, 3.05) is 24.5 Å². The number of nitrogens with zero attached hydrogens (tertiary/aromatic N) is 4. The first-order chi connectivity index (χ1) is 10.3. The molecule has 4 rings (SSSR count). The molecule has 21 heavy (non-hydrogen) atoms. The molecule has 1 N–H and O–H groups in total. The summed E-state index contributed by atoms with van der Waals surface area (Å²) in [4.78, 5) is 6.86. The first-order valence-electron chi connectivity index (χ1n) is 7.78. The topological polar surface area (TPSA) is 45.5 Å². The lowest BCUT2D eigenvalue weighted by molar-refractivity contribution is 0.406. The zero-order chi connectivity index (χ0) is 14.2. The number of piperidine rings is 1. The third-order valence-corrected chi connectivity index (χ3v) is 4.68. The Balaban J connectivity index is 1.39. The zero-order valence-electron chi connectivity index (χ0n) is 12.0. The summed E-state index contributed by atoms with van der Waals surface area (Å²) in [6.07, 6.45) is 6.97. The van der Waals surface area contributed by atoms with Gasteiger partial charge in [0.05, 0.1) is 5.02 Å². The van der Waals surface area contributed by atoms with Crippen molar-refractivity contribution in [2.45, 2.75) is 31.7 Å². The minimum atomic E-state index is 0.660. The van der Waals surface area contributed by atoms with E-state index in [4.69, 9.17) is 11.6 Å². The van der Waals surface area contributed by atoms with Gasteiger partial charge in [-0.3, -0.25) is 0 Å². The van der Waals surface area contributed by atoms with Gasteiger partial charge in [-0.25, -0.2) is 4.52 Å². The maximum absolute atomic E-state index is 5.99. The van der Waals surface area contributed by atoms with E-state index in [0.29, 0.717) is 11.1 Å². The van der Waals surface area contributed by atoms with E-state index in [0.717, 1.165) is 30.6 Å². The summed E-state index contributed by atoms with van der Waals surface area (Å²) in [7, 11) is 0. The molecule has 1 saturated carbocycles. The van der Waals surface area contributed by atoms with Crippen LogP contribution in [0.4, 0.5) is 5.95 Å². The molecule has 2 aliphatic rings. The molecule has 2 aromatic heterocycles. The van der Waals surface area contributed by atoms with Gasteiger partial charge in [0.15, 0.2) is 5.65 Å². The quantitative estimate of drug-likeness (QED) is 0.942. The van der Waals surface area contributed by atoms with E-state index in [1.807, 2.05) is 12.1 Å². The Morgan fingerprint density at radius 2 is 2.00 bits per heavy atom. The number of hydrogen-bond acceptors (Lipinski definition) is 4. The van der Waals surface area contributed by atoms with Crippen LogP contribution in [-0.4, -0.2) is 40.3 Å². The maximum atomic E-state index is 5.99. The SMILES string of the molecule is Clc1ccc2nc(N3CCC(NCC4CC4)CC3)nn2c1. The highest BCUT2D eigenvalue weighted by Gasteiger charge is 2.25. The van der Waals surface area contributed by atoms with Crippen LogP contribution < -0.4 is 10.2 Å². The molecule has 112 valence electrons. The molecule has 0 bridgehead atoms. The standard InChI is InChI=1S/C15H20ClN5/c16-12-3-4-14-18-15(19-21(14)10-12)20-7-5-13(6-8-20)17-9-11-1-2-11/h3-4,10-11,13,17H,1-2,5-9H2. The van der Waals surface area contributed by atoms with Gasteiger partial charge in [-0.15, -0.1) is 5.10 Å². The predicted octanol–water partition coefficient (Wildman–Crippen LogP) is 2.35. The Hall–Kier alpha value is -1.33. The molecule has 0 atom stereocenters. The molecule has 0 radical (unpaired) electrons. The average Bonchev–Trinajstić information content (AvgIpc) is 3.24. The second kappa shape index (κ2) is 5.46. The van der Waals surface area contributed by atoms with Crippen LogP contribution in [-0.2, 0) is 0 Å². The number of fused-ring (bicyclic) bond motifs is 1. The third kappa shape index (κ3) is 2.99. The zero-order valence-corrected chi connectivity index (χ0v) is 12.8. The van der Waals surface area contributed by atoms with E-state index in [1.54, 1.807) is 10.7 Å². The van der Waals surface area contributed by atoms with Gasteiger partial charge in [-0.05, 0) is 50.3 Å². The van der Waals surface area contributed by atoms with Crippen molar-refractivity contribution >= 4 is 23.2 Å². The van der Waals surface area contributed by atoms with Crippen molar-refractivity contribution in [1.29, 1.82) is 0 Å². The van der Waals surface area contributed by atoms with Crippen LogP contribution in [0.1, 0.15) is 25.7 Å². The van der Waals surface area contributed by atoms with Crippen LogP contribution in [0.3, 0.4) is 0 Å². The summed E-state index contributed by atoms with van der Waals surface area (Å²) in [5, 5.41) is 8.91. The monoisotopic (exact) mass is 305 g/mol. The molecule has 0 unspecified atom stereocenters. The fraction of sp³-hybridized carbons (Fsp3) is 0.600. The van der Waals surface area contributed by atoms with E-state index in [2.05, 4.69) is 20.3 Å². The van der Waals surface area contributed by atoms with Crippen LogP contribution in [0, 0.1) is 5.92 Å². The lowest BCUT2D eigenvalue weighted by Crippen LogP contribution is -2.43. The van der Waals surface area contributed by atoms with Crippen molar-refractivity contribution in [2.24, 2.45) is 5.92 Å². The molecule has 1 aliphatic carbocycles. The van der Waals surface area contributed by atoms with Crippen molar-refractivity contribution < 1.29 is 0 Å². The second-order valence-electron chi connectivity index (χ2n) is 6.17. The molecule has 1 saturated heterocycles. The number of pyridine rings is 1. The molecule has 0 spiro atoms. The molecule has 2 fully saturated rings. The smallest absolute Gasteiger partial charge is 0.245 e. The normalized spacial score (nSPS) is 20.3. The summed E-state index contributed by atoms with van der Waals surface area (Å²) in [5.41, 5.74) is 0.850. The van der Waals surface area contributed by atoms with Gasteiger partial charge in [0.1, 0.15) is 0 Å². The highest BCUT2D eigenvalue weighted by Crippen LogP contribution is 2.28. The summed E-state index contributed by atoms with van der Waals surface area (Å²) < 4.78 is 1.76. The lowest BCUT2D eigenvalue weighted by Gasteiger charge is -2.31. The first kappa shape index (κ1) is 13.3. The first-order valence-corrected chi connectivity index (χ1v) is 8.16. The maximum Gasteiger partial charge on any atom is 0.245 e. The summed E-state index contributed by atoms with van der Waals surface area (Å²) >= 11 is 5.99. The largest absolute Gasteiger partial charge is 0.339 e. The number of anilines is 1. The Morgan fingerprint density at radius 1 is 1.19 bits per heavy atom. The molecule has 5 nitrogen and oxygen atoms in total. The molecule has 6 heteroatoms.